The molecule has 4 aromatic heterocycles. The SMILES string of the molecule is [C-]#[N+]/C(c1cnc2ccccc2n1)=c1\c2c(-c3cccc(OCC(CCCCCC)CCCCCCCC)c3)n(B(c3ccccc3)c3ccccc3)/c(=C(/C#N)c3cnc4ccccc4n3)c2c(-c2cccc(OCC(CCCCCC)CCCCCCCC)c2)n1B(c1ccccc1)c1ccccc1. The van der Waals surface area contributed by atoms with Crippen LogP contribution in [-0.2, 0) is 0 Å². The van der Waals surface area contributed by atoms with Crippen molar-refractivity contribution in [2.45, 2.75) is 182 Å². The number of fused-ring (bicyclic) bond motifs is 3. The summed E-state index contributed by atoms with van der Waals surface area (Å²) in [5, 5.41) is 15.5. The van der Waals surface area contributed by atoms with Gasteiger partial charge >= 0.3 is 13.7 Å². The molecule has 538 valence electrons. The molecule has 0 aliphatic carbocycles. The Morgan fingerprint density at radius 1 is 0.406 bits per heavy atom. The summed E-state index contributed by atoms with van der Waals surface area (Å²) in [6.45, 7) is 19.1. The topological polar surface area (TPSA) is 108 Å². The molecule has 0 bridgehead atoms. The fourth-order valence-electron chi connectivity index (χ4n) is 15.8. The van der Waals surface area contributed by atoms with Crippen LogP contribution < -0.4 is 42.0 Å². The Bertz CT molecular complexity index is 4600. The number of unbranched alkanes of at least 4 members (excludes halogenated alkanes) is 16. The van der Waals surface area contributed by atoms with Crippen molar-refractivity contribution in [1.29, 1.82) is 5.26 Å². The smallest absolute Gasteiger partial charge is 0.328 e. The zero-order valence-corrected chi connectivity index (χ0v) is 63.0. The highest BCUT2D eigenvalue weighted by atomic mass is 16.5. The molecule has 8 aromatic carbocycles. The van der Waals surface area contributed by atoms with Crippen LogP contribution in [0, 0.1) is 29.7 Å². The van der Waals surface area contributed by atoms with Gasteiger partial charge in [-0.3, -0.25) is 15.0 Å². The molecule has 10 nitrogen and oxygen atoms in total. The summed E-state index contributed by atoms with van der Waals surface area (Å²) in [6.07, 6.45) is 32.6. The maximum Gasteiger partial charge on any atom is 0.328 e. The molecule has 0 saturated heterocycles. The summed E-state index contributed by atoms with van der Waals surface area (Å²) in [4.78, 5) is 25.9. The van der Waals surface area contributed by atoms with Crippen LogP contribution in [0.4, 0.5) is 0 Å². The molecule has 0 fully saturated rings. The molecule has 0 aliphatic heterocycles. The number of hydrogen-bond acceptors (Lipinski definition) is 7. The van der Waals surface area contributed by atoms with E-state index in [1.807, 2.05) is 48.5 Å². The highest BCUT2D eigenvalue weighted by molar-refractivity contribution is 6.85. The first kappa shape index (κ1) is 75.4. The maximum atomic E-state index is 12.8. The minimum absolute atomic E-state index is 0.289. The quantitative estimate of drug-likeness (QED) is 0.0214. The van der Waals surface area contributed by atoms with Crippen molar-refractivity contribution in [2.24, 2.45) is 11.8 Å². The summed E-state index contributed by atoms with van der Waals surface area (Å²) in [5.74, 6) is 2.26. The van der Waals surface area contributed by atoms with E-state index in [4.69, 9.17) is 34.3 Å². The predicted molar refractivity (Wildman–Crippen MR) is 444 cm³/mol. The number of rotatable bonds is 40. The predicted octanol–water partition coefficient (Wildman–Crippen LogP) is 20.2. The molecule has 12 aromatic rings. The van der Waals surface area contributed by atoms with E-state index in [2.05, 4.69) is 213 Å². The van der Waals surface area contributed by atoms with Crippen molar-refractivity contribution in [1.82, 2.24) is 28.9 Å². The summed E-state index contributed by atoms with van der Waals surface area (Å²) in [7, 11) is 0. The van der Waals surface area contributed by atoms with Crippen molar-refractivity contribution >= 4 is 79.7 Å². The van der Waals surface area contributed by atoms with Gasteiger partial charge in [-0.05, 0) is 86.1 Å². The molecular weight excluding hydrogens is 1290 g/mol. The second-order valence-corrected chi connectivity index (χ2v) is 29.0. The Morgan fingerprint density at radius 2 is 0.745 bits per heavy atom. The lowest BCUT2D eigenvalue weighted by Crippen LogP contribution is -2.54. The Hall–Kier alpha value is -10.3. The van der Waals surface area contributed by atoms with Gasteiger partial charge in [0.2, 0.25) is 5.70 Å². The van der Waals surface area contributed by atoms with Crippen molar-refractivity contribution in [3.05, 3.63) is 264 Å². The molecule has 0 saturated carbocycles. The van der Waals surface area contributed by atoms with E-state index in [0.29, 0.717) is 69.3 Å². The number of benzene rings is 8. The van der Waals surface area contributed by atoms with Crippen molar-refractivity contribution < 1.29 is 9.47 Å². The molecule has 12 heteroatoms. The second kappa shape index (κ2) is 39.2. The first-order valence-electron chi connectivity index (χ1n) is 39.9. The third-order valence-corrected chi connectivity index (χ3v) is 21.3. The zero-order valence-electron chi connectivity index (χ0n) is 63.0. The molecule has 106 heavy (non-hydrogen) atoms. The van der Waals surface area contributed by atoms with Gasteiger partial charge < -0.3 is 18.4 Å². The Kier molecular flexibility index (Phi) is 27.9. The zero-order chi connectivity index (χ0) is 73.1. The summed E-state index contributed by atoms with van der Waals surface area (Å²) < 4.78 is 19.3. The molecule has 0 N–H and O–H groups in total. The van der Waals surface area contributed by atoms with E-state index in [1.54, 1.807) is 12.4 Å². The molecule has 12 rings (SSSR count). The van der Waals surface area contributed by atoms with E-state index >= 15 is 0 Å². The number of nitriles is 1. The number of hydrogen-bond donors (Lipinski definition) is 0. The first-order chi connectivity index (χ1) is 52.4. The van der Waals surface area contributed by atoms with Gasteiger partial charge in [0.05, 0.1) is 59.1 Å². The standard InChI is InChI=1S/C94H104B2N8O2/c1-6-10-14-18-20-28-46-71(44-26-16-12-8-3)69-105-79-58-42-48-73(64-79)91-88-89(94(90(98-5)87-68-100-83-61-39-41-63-85(83)102-87)104(91)96(77-54-34-24-35-55-77)78-56-36-25-37-57-78)92(74-49-43-59-80(65-74)106-70-72(45-27-17-13-9-4)47-29-21-19-15-11-7-2)103(95(75-50-30-22-31-51-75)76-52-32-23-33-53-76)93(88)81(66-97)86-67-99-82-60-38-40-62-84(82)101-86/h22-25,30-43,48-65,67-68,71-72H,6-21,26-29,44-47,69-70H2,1-4H3/b93-81-,94-90+. The van der Waals surface area contributed by atoms with Crippen LogP contribution in [0.15, 0.2) is 231 Å². The number of ether oxygens (including phenoxy) is 2. The van der Waals surface area contributed by atoms with E-state index in [-0.39, 0.29) is 5.70 Å². The lowest BCUT2D eigenvalue weighted by Gasteiger charge is -2.25. The highest BCUT2D eigenvalue weighted by Gasteiger charge is 2.38. The lowest BCUT2D eigenvalue weighted by atomic mass is 9.50. The molecule has 0 spiro atoms. The number of para-hydroxylation sites is 4. The summed E-state index contributed by atoms with van der Waals surface area (Å²) in [5.41, 5.74) is 11.3. The minimum Gasteiger partial charge on any atom is -0.493 e. The minimum atomic E-state index is -0.591. The van der Waals surface area contributed by atoms with E-state index in [0.717, 1.165) is 97.8 Å². The summed E-state index contributed by atoms with van der Waals surface area (Å²) >= 11 is 0. The van der Waals surface area contributed by atoms with Crippen LogP contribution >= 0.6 is 0 Å². The van der Waals surface area contributed by atoms with Gasteiger partial charge in [-0.1, -0.05) is 348 Å². The Balaban J connectivity index is 1.25. The van der Waals surface area contributed by atoms with Crippen molar-refractivity contribution in [2.75, 3.05) is 13.2 Å². The summed E-state index contributed by atoms with van der Waals surface area (Å²) in [6, 6.07) is 78.5. The van der Waals surface area contributed by atoms with Gasteiger partial charge in [0.1, 0.15) is 28.8 Å². The van der Waals surface area contributed by atoms with Gasteiger partial charge in [0, 0.05) is 44.8 Å². The molecule has 4 heterocycles. The van der Waals surface area contributed by atoms with Crippen LogP contribution in [0.5, 0.6) is 11.5 Å². The normalized spacial score (nSPS) is 12.6. The molecule has 0 aliphatic rings. The molecular formula is C94H104B2N8O2. The van der Waals surface area contributed by atoms with E-state index in [1.165, 1.54) is 128 Å². The molecule has 2 atom stereocenters. The third kappa shape index (κ3) is 18.7. The Labute approximate surface area is 630 Å². The lowest BCUT2D eigenvalue weighted by molar-refractivity contribution is 0.224. The fraction of sp³-hybridized carbons (Fsp3) is 0.340. The largest absolute Gasteiger partial charge is 0.493 e. The first-order valence-corrected chi connectivity index (χ1v) is 39.9. The van der Waals surface area contributed by atoms with Crippen molar-refractivity contribution in [3.63, 3.8) is 0 Å². The van der Waals surface area contributed by atoms with Crippen LogP contribution in [0.3, 0.4) is 0 Å². The van der Waals surface area contributed by atoms with Crippen molar-refractivity contribution in [3.8, 4) is 40.1 Å². The fourth-order valence-corrected chi connectivity index (χ4v) is 15.8. The van der Waals surface area contributed by atoms with Gasteiger partial charge in [-0.25, -0.2) is 9.83 Å². The Morgan fingerprint density at radius 3 is 1.14 bits per heavy atom. The van der Waals surface area contributed by atoms with Gasteiger partial charge in [-0.15, -0.1) is 0 Å². The third-order valence-electron chi connectivity index (χ3n) is 21.3. The van der Waals surface area contributed by atoms with Crippen LogP contribution in [-0.4, -0.2) is 55.8 Å². The maximum absolute atomic E-state index is 12.8. The van der Waals surface area contributed by atoms with Crippen LogP contribution in [0.2, 0.25) is 0 Å². The molecule has 0 radical (unpaired) electrons. The van der Waals surface area contributed by atoms with Crippen LogP contribution in [0.1, 0.15) is 193 Å². The van der Waals surface area contributed by atoms with Gasteiger partial charge in [0.25, 0.3) is 0 Å². The number of nitrogens with zero attached hydrogens (tertiary/aromatic N) is 8. The van der Waals surface area contributed by atoms with E-state index in [9.17, 15) is 11.8 Å². The highest BCUT2D eigenvalue weighted by Crippen LogP contribution is 2.39. The average Bonchev–Trinajstić information content (AvgIpc) is 1.52. The average molecular weight is 1400 g/mol. The van der Waals surface area contributed by atoms with E-state index < -0.39 is 13.7 Å². The molecule has 0 amide bonds. The van der Waals surface area contributed by atoms with Crippen LogP contribution in [0.25, 0.3) is 71.5 Å². The van der Waals surface area contributed by atoms with Gasteiger partial charge in [-0.2, -0.15) is 5.26 Å². The number of aromatic nitrogens is 6. The molecule has 2 unspecified atom stereocenters. The second-order valence-electron chi connectivity index (χ2n) is 29.0. The monoisotopic (exact) mass is 1400 g/mol. The van der Waals surface area contributed by atoms with Gasteiger partial charge in [0.15, 0.2) is 0 Å².